The number of nitrogens with one attached hydrogen (secondary N) is 1. The van der Waals surface area contributed by atoms with Crippen LogP contribution in [-0.2, 0) is 0 Å². The second kappa shape index (κ2) is 12.3. The van der Waals surface area contributed by atoms with Gasteiger partial charge in [-0.2, -0.15) is 0 Å². The maximum absolute atomic E-state index is 4.39. The van der Waals surface area contributed by atoms with Crippen LogP contribution in [-0.4, -0.2) is 62.1 Å². The van der Waals surface area contributed by atoms with E-state index < -0.39 is 0 Å². The molecule has 0 aromatic heterocycles. The Morgan fingerprint density at radius 2 is 2.10 bits per heavy atom. The highest BCUT2D eigenvalue weighted by atomic mass is 127. The molecule has 1 fully saturated rings. The summed E-state index contributed by atoms with van der Waals surface area (Å²) in [5.74, 6) is 1.01. The number of unbranched alkanes of at least 4 members (excludes halogenated alkanes) is 1. The van der Waals surface area contributed by atoms with Gasteiger partial charge in [-0.15, -0.1) is 30.6 Å². The lowest BCUT2D eigenvalue weighted by atomic mass is 10.2. The van der Waals surface area contributed by atoms with Gasteiger partial charge in [0.05, 0.1) is 0 Å². The maximum Gasteiger partial charge on any atom is 0.193 e. The molecule has 0 bridgehead atoms. The van der Waals surface area contributed by atoms with Crippen LogP contribution in [0, 0.1) is 0 Å². The van der Waals surface area contributed by atoms with Crippen LogP contribution in [0.5, 0.6) is 0 Å². The van der Waals surface area contributed by atoms with Crippen molar-refractivity contribution in [2.24, 2.45) is 4.99 Å². The molecule has 0 saturated carbocycles. The lowest BCUT2D eigenvalue weighted by Crippen LogP contribution is -2.46. The molecule has 124 valence electrons. The highest BCUT2D eigenvalue weighted by Gasteiger charge is 2.20. The fraction of sp³-hybridized carbons (Fsp3) is 0.812. The molecule has 0 aromatic rings. The fourth-order valence-electron chi connectivity index (χ4n) is 2.81. The van der Waals surface area contributed by atoms with E-state index in [2.05, 4.69) is 40.7 Å². The minimum absolute atomic E-state index is 0. The number of halogens is 1. The highest BCUT2D eigenvalue weighted by molar-refractivity contribution is 14.0. The van der Waals surface area contributed by atoms with Gasteiger partial charge < -0.3 is 10.2 Å². The first-order chi connectivity index (χ1) is 9.72. The van der Waals surface area contributed by atoms with Crippen molar-refractivity contribution in [1.29, 1.82) is 0 Å². The number of hydrogen-bond donors (Lipinski definition) is 1. The predicted molar refractivity (Wildman–Crippen MR) is 104 cm³/mol. The van der Waals surface area contributed by atoms with Crippen molar-refractivity contribution in [3.05, 3.63) is 12.7 Å². The minimum Gasteiger partial charge on any atom is -0.355 e. The molecule has 1 rings (SSSR count). The van der Waals surface area contributed by atoms with Crippen LogP contribution in [0.3, 0.4) is 0 Å². The smallest absolute Gasteiger partial charge is 0.193 e. The molecule has 1 heterocycles. The van der Waals surface area contributed by atoms with Crippen molar-refractivity contribution >= 4 is 29.9 Å². The molecule has 0 aliphatic carbocycles. The van der Waals surface area contributed by atoms with Gasteiger partial charge in [0.1, 0.15) is 0 Å². The largest absolute Gasteiger partial charge is 0.355 e. The van der Waals surface area contributed by atoms with E-state index in [4.69, 9.17) is 0 Å². The Bertz CT molecular complexity index is 301. The third-order valence-electron chi connectivity index (χ3n) is 4.10. The van der Waals surface area contributed by atoms with E-state index in [1.807, 2.05) is 13.1 Å². The number of allylic oxidation sites excluding steroid dienone is 1. The van der Waals surface area contributed by atoms with Gasteiger partial charge in [-0.05, 0) is 45.2 Å². The summed E-state index contributed by atoms with van der Waals surface area (Å²) in [6.45, 7) is 10.6. The number of guanidine groups is 1. The molecular formula is C16H33IN4. The molecule has 0 aromatic carbocycles. The third kappa shape index (κ3) is 7.49. The first-order valence-corrected chi connectivity index (χ1v) is 7.99. The highest BCUT2D eigenvalue weighted by Crippen LogP contribution is 2.13. The average Bonchev–Trinajstić information content (AvgIpc) is 2.98. The molecule has 0 radical (unpaired) electrons. The van der Waals surface area contributed by atoms with Crippen molar-refractivity contribution in [3.63, 3.8) is 0 Å². The molecule has 1 saturated heterocycles. The van der Waals surface area contributed by atoms with Crippen LogP contribution in [0.2, 0.25) is 0 Å². The van der Waals surface area contributed by atoms with E-state index in [0.29, 0.717) is 6.04 Å². The second-order valence-electron chi connectivity index (χ2n) is 5.59. The van der Waals surface area contributed by atoms with E-state index >= 15 is 0 Å². The summed E-state index contributed by atoms with van der Waals surface area (Å²) in [7, 11) is 3.97. The molecule has 1 unspecified atom stereocenters. The Labute approximate surface area is 148 Å². The predicted octanol–water partition coefficient (Wildman–Crippen LogP) is 2.95. The molecule has 0 amide bonds. The Kier molecular flexibility index (Phi) is 12.1. The van der Waals surface area contributed by atoms with Crippen LogP contribution >= 0.6 is 24.0 Å². The number of hydrogen-bond acceptors (Lipinski definition) is 2. The molecule has 0 spiro atoms. The zero-order valence-electron chi connectivity index (χ0n) is 14.0. The van der Waals surface area contributed by atoms with Crippen LogP contribution in [0.1, 0.15) is 39.0 Å². The van der Waals surface area contributed by atoms with Gasteiger partial charge in [0.2, 0.25) is 0 Å². The van der Waals surface area contributed by atoms with Gasteiger partial charge >= 0.3 is 0 Å². The summed E-state index contributed by atoms with van der Waals surface area (Å²) in [5, 5.41) is 3.53. The van der Waals surface area contributed by atoms with E-state index in [0.717, 1.165) is 31.9 Å². The standard InChI is InChI=1S/C16H32N4.HI/c1-5-7-8-11-19(4)16(17-3)18-14-15(6-2)20-12-9-10-13-20;/h5,15H,1,6-14H2,2-4H3,(H,17,18);1H. The van der Waals surface area contributed by atoms with Gasteiger partial charge in [0, 0.05) is 33.2 Å². The third-order valence-corrected chi connectivity index (χ3v) is 4.10. The molecule has 4 nitrogen and oxygen atoms in total. The zero-order valence-corrected chi connectivity index (χ0v) is 16.3. The van der Waals surface area contributed by atoms with Gasteiger partial charge in [-0.1, -0.05) is 13.0 Å². The Balaban J connectivity index is 0.00000400. The van der Waals surface area contributed by atoms with E-state index in [1.54, 1.807) is 0 Å². The van der Waals surface area contributed by atoms with Crippen molar-refractivity contribution < 1.29 is 0 Å². The second-order valence-corrected chi connectivity index (χ2v) is 5.59. The first kappa shape index (κ1) is 20.7. The van der Waals surface area contributed by atoms with Crippen LogP contribution in [0.4, 0.5) is 0 Å². The summed E-state index contributed by atoms with van der Waals surface area (Å²) < 4.78 is 0. The van der Waals surface area contributed by atoms with Gasteiger partial charge in [0.25, 0.3) is 0 Å². The number of aliphatic imine (C=N–C) groups is 1. The number of rotatable bonds is 8. The van der Waals surface area contributed by atoms with Crippen molar-refractivity contribution in [2.75, 3.05) is 40.3 Å². The minimum atomic E-state index is 0. The maximum atomic E-state index is 4.39. The number of likely N-dealkylation sites (tertiary alicyclic amines) is 1. The summed E-state index contributed by atoms with van der Waals surface area (Å²) >= 11 is 0. The molecule has 5 heteroatoms. The van der Waals surface area contributed by atoms with Crippen molar-refractivity contribution in [3.8, 4) is 0 Å². The molecule has 1 N–H and O–H groups in total. The van der Waals surface area contributed by atoms with E-state index in [9.17, 15) is 0 Å². The van der Waals surface area contributed by atoms with E-state index in [-0.39, 0.29) is 24.0 Å². The summed E-state index contributed by atoms with van der Waals surface area (Å²) in [6, 6.07) is 0.635. The quantitative estimate of drug-likeness (QED) is 0.220. The number of nitrogens with zero attached hydrogens (tertiary/aromatic N) is 3. The zero-order chi connectivity index (χ0) is 14.8. The van der Waals surface area contributed by atoms with E-state index in [1.165, 1.54) is 32.4 Å². The Morgan fingerprint density at radius 3 is 2.62 bits per heavy atom. The summed E-state index contributed by atoms with van der Waals surface area (Å²) in [6.07, 6.45) is 8.07. The van der Waals surface area contributed by atoms with Crippen molar-refractivity contribution in [1.82, 2.24) is 15.1 Å². The Morgan fingerprint density at radius 1 is 1.43 bits per heavy atom. The molecular weight excluding hydrogens is 375 g/mol. The topological polar surface area (TPSA) is 30.9 Å². The van der Waals surface area contributed by atoms with Gasteiger partial charge in [0.15, 0.2) is 5.96 Å². The average molecular weight is 408 g/mol. The van der Waals surface area contributed by atoms with Crippen molar-refractivity contribution in [2.45, 2.75) is 45.1 Å². The molecule has 1 aliphatic rings. The monoisotopic (exact) mass is 408 g/mol. The van der Waals surface area contributed by atoms with Gasteiger partial charge in [-0.3, -0.25) is 9.89 Å². The van der Waals surface area contributed by atoms with Crippen LogP contribution in [0.15, 0.2) is 17.6 Å². The van der Waals surface area contributed by atoms with Crippen LogP contribution in [0.25, 0.3) is 0 Å². The normalized spacial score (nSPS) is 17.2. The molecule has 1 atom stereocenters. The van der Waals surface area contributed by atoms with Gasteiger partial charge in [-0.25, -0.2) is 0 Å². The summed E-state index contributed by atoms with van der Waals surface area (Å²) in [4.78, 5) is 9.20. The fourth-order valence-corrected chi connectivity index (χ4v) is 2.81. The summed E-state index contributed by atoms with van der Waals surface area (Å²) in [5.41, 5.74) is 0. The lowest BCUT2D eigenvalue weighted by molar-refractivity contribution is 0.235. The van der Waals surface area contributed by atoms with Crippen LogP contribution < -0.4 is 5.32 Å². The SMILES string of the molecule is C=CCCCN(C)C(=NC)NCC(CC)N1CCCC1.I. The Hall–Kier alpha value is -0.300. The first-order valence-electron chi connectivity index (χ1n) is 7.99. The molecule has 21 heavy (non-hydrogen) atoms. The lowest BCUT2D eigenvalue weighted by Gasteiger charge is -2.29. The molecule has 1 aliphatic heterocycles.